The summed E-state index contributed by atoms with van der Waals surface area (Å²) in [5.41, 5.74) is 23.2. The molecule has 4 amide bonds. The van der Waals surface area contributed by atoms with E-state index < -0.39 is 60.2 Å². The van der Waals surface area contributed by atoms with E-state index in [0.717, 1.165) is 5.56 Å². The number of aliphatic carboxylic acids is 1. The largest absolute Gasteiger partial charge is 0.480 e. The maximum atomic E-state index is 13.4. The molecule has 1 aromatic carbocycles. The van der Waals surface area contributed by atoms with E-state index in [-0.39, 0.29) is 31.8 Å². The van der Waals surface area contributed by atoms with Gasteiger partial charge < -0.3 is 49.0 Å². The summed E-state index contributed by atoms with van der Waals surface area (Å²) in [6, 6.07) is 4.03. The van der Waals surface area contributed by atoms with Crippen LogP contribution < -0.4 is 38.9 Å². The molecule has 0 spiro atoms. The molecule has 2 rings (SSSR count). The Hall–Kier alpha value is -4.99. The topological polar surface area (TPSA) is 287 Å². The lowest BCUT2D eigenvalue weighted by Crippen LogP contribution is -2.58. The minimum absolute atomic E-state index is 0.0875. The van der Waals surface area contributed by atoms with Crippen molar-refractivity contribution in [2.24, 2.45) is 27.9 Å². The third-order valence-electron chi connectivity index (χ3n) is 5.85. The van der Waals surface area contributed by atoms with Crippen molar-refractivity contribution < 1.29 is 29.1 Å². The van der Waals surface area contributed by atoms with E-state index in [9.17, 15) is 29.1 Å². The molecule has 0 aliphatic rings. The van der Waals surface area contributed by atoms with E-state index in [1.165, 1.54) is 12.5 Å². The number of carbonyl (C=O) groups is 5. The number of H-pyrrole nitrogens is 1. The number of carboxylic acid groups (broad SMARTS) is 1. The highest BCUT2D eigenvalue weighted by molar-refractivity contribution is 5.95. The second-order valence-electron chi connectivity index (χ2n) is 9.22. The summed E-state index contributed by atoms with van der Waals surface area (Å²) < 4.78 is 0. The number of nitrogens with two attached hydrogens (primary N) is 4. The fourth-order valence-electron chi connectivity index (χ4n) is 3.78. The average molecular weight is 573 g/mol. The van der Waals surface area contributed by atoms with Gasteiger partial charge in [0.2, 0.25) is 23.6 Å². The number of nitrogens with one attached hydrogen (secondary N) is 4. The number of carbonyl (C=O) groups excluding carboxylic acids is 4. The maximum absolute atomic E-state index is 13.4. The van der Waals surface area contributed by atoms with Gasteiger partial charge >= 0.3 is 5.97 Å². The Bertz CT molecular complexity index is 1200. The minimum atomic E-state index is -1.62. The summed E-state index contributed by atoms with van der Waals surface area (Å²) >= 11 is 0. The van der Waals surface area contributed by atoms with E-state index in [2.05, 4.69) is 30.9 Å². The molecule has 16 heteroatoms. The highest BCUT2D eigenvalue weighted by atomic mass is 16.4. The van der Waals surface area contributed by atoms with Gasteiger partial charge in [0.25, 0.3) is 0 Å². The van der Waals surface area contributed by atoms with Crippen molar-refractivity contribution >= 4 is 35.6 Å². The summed E-state index contributed by atoms with van der Waals surface area (Å²) in [4.78, 5) is 72.7. The number of aliphatic imine (C=N–C) groups is 1. The highest BCUT2D eigenvalue weighted by Crippen LogP contribution is 2.07. The summed E-state index contributed by atoms with van der Waals surface area (Å²) in [7, 11) is 0. The molecule has 4 atom stereocenters. The summed E-state index contributed by atoms with van der Waals surface area (Å²) in [5, 5.41) is 16.8. The van der Waals surface area contributed by atoms with Crippen LogP contribution in [0, 0.1) is 0 Å². The number of imidazole rings is 1. The molecular weight excluding hydrogens is 536 g/mol. The van der Waals surface area contributed by atoms with E-state index in [1.54, 1.807) is 0 Å². The van der Waals surface area contributed by atoms with E-state index >= 15 is 0 Å². The quantitative estimate of drug-likeness (QED) is 0.0525. The van der Waals surface area contributed by atoms with Gasteiger partial charge in [-0.2, -0.15) is 0 Å². The number of amides is 4. The maximum Gasteiger partial charge on any atom is 0.326 e. The van der Waals surface area contributed by atoms with Crippen LogP contribution in [0.2, 0.25) is 0 Å². The Morgan fingerprint density at radius 1 is 0.902 bits per heavy atom. The molecule has 0 saturated heterocycles. The van der Waals surface area contributed by atoms with Crippen LogP contribution in [-0.4, -0.2) is 81.3 Å². The standard InChI is InChI=1S/C25H36N10O6/c26-16(9-14-5-2-1-3-6-14)21(37)33-17(7-4-8-31-25(28)29)22(38)34-18(10-15-12-30-13-32-15)23(39)35-19(24(40)41)11-20(27)36/h1-3,5-6,12-13,16-19H,4,7-11,26H2,(H2,27,36)(H,30,32)(H,33,37)(H,34,38)(H,35,39)(H,40,41)(H4,28,29,31). The van der Waals surface area contributed by atoms with Crippen LogP contribution in [0.3, 0.4) is 0 Å². The van der Waals surface area contributed by atoms with Crippen LogP contribution in [0.1, 0.15) is 30.5 Å². The third-order valence-corrected chi connectivity index (χ3v) is 5.85. The monoisotopic (exact) mass is 572 g/mol. The van der Waals surface area contributed by atoms with E-state index in [4.69, 9.17) is 22.9 Å². The van der Waals surface area contributed by atoms with Gasteiger partial charge in [-0.15, -0.1) is 0 Å². The zero-order valence-corrected chi connectivity index (χ0v) is 22.3. The lowest BCUT2D eigenvalue weighted by atomic mass is 10.0. The Labute approximate surface area is 235 Å². The molecule has 0 bridgehead atoms. The fraction of sp³-hybridized carbons (Fsp3) is 0.400. The summed E-state index contributed by atoms with van der Waals surface area (Å²) in [5.74, 6) is -4.80. The first-order chi connectivity index (χ1) is 19.5. The third kappa shape index (κ3) is 11.7. The Morgan fingerprint density at radius 3 is 2.12 bits per heavy atom. The molecule has 1 heterocycles. The van der Waals surface area contributed by atoms with Gasteiger partial charge in [0.15, 0.2) is 5.96 Å². The summed E-state index contributed by atoms with van der Waals surface area (Å²) in [6.07, 6.45) is 2.61. The first-order valence-corrected chi connectivity index (χ1v) is 12.7. The van der Waals surface area contributed by atoms with Gasteiger partial charge in [-0.3, -0.25) is 24.2 Å². The van der Waals surface area contributed by atoms with Crippen LogP contribution in [-0.2, 0) is 36.8 Å². The van der Waals surface area contributed by atoms with Crippen molar-refractivity contribution in [3.8, 4) is 0 Å². The number of hydrogen-bond donors (Lipinski definition) is 9. The smallest absolute Gasteiger partial charge is 0.326 e. The number of hydrogen-bond acceptors (Lipinski definition) is 8. The molecule has 222 valence electrons. The van der Waals surface area contributed by atoms with Crippen LogP contribution in [0.25, 0.3) is 0 Å². The normalized spacial score (nSPS) is 13.6. The molecule has 1 aromatic heterocycles. The zero-order chi connectivity index (χ0) is 30.4. The lowest BCUT2D eigenvalue weighted by molar-refractivity contribution is -0.143. The molecule has 13 N–H and O–H groups in total. The van der Waals surface area contributed by atoms with E-state index in [1.807, 2.05) is 30.3 Å². The minimum Gasteiger partial charge on any atom is -0.480 e. The van der Waals surface area contributed by atoms with Crippen LogP contribution >= 0.6 is 0 Å². The molecule has 0 aliphatic carbocycles. The number of rotatable bonds is 17. The van der Waals surface area contributed by atoms with Gasteiger partial charge in [0, 0.05) is 24.9 Å². The van der Waals surface area contributed by atoms with Crippen molar-refractivity contribution in [1.29, 1.82) is 0 Å². The number of benzene rings is 1. The predicted octanol–water partition coefficient (Wildman–Crippen LogP) is -3.01. The molecule has 0 radical (unpaired) electrons. The van der Waals surface area contributed by atoms with Crippen LogP contribution in [0.5, 0.6) is 0 Å². The fourth-order valence-corrected chi connectivity index (χ4v) is 3.78. The molecule has 0 saturated carbocycles. The SMILES string of the molecule is NC(=O)CC(NC(=O)C(Cc1cnc[nH]1)NC(=O)C(CCCN=C(N)N)NC(=O)C(N)Cc1ccccc1)C(=O)O. The molecule has 0 fully saturated rings. The predicted molar refractivity (Wildman–Crippen MR) is 148 cm³/mol. The zero-order valence-electron chi connectivity index (χ0n) is 22.3. The number of aromatic amines is 1. The van der Waals surface area contributed by atoms with Crippen LogP contribution in [0.4, 0.5) is 0 Å². The molecule has 16 nitrogen and oxygen atoms in total. The first kappa shape index (κ1) is 32.2. The Balaban J connectivity index is 2.21. The molecule has 2 aromatic rings. The number of guanidine groups is 1. The Kier molecular flexibility index (Phi) is 12.7. The number of carboxylic acids is 1. The second-order valence-corrected chi connectivity index (χ2v) is 9.22. The summed E-state index contributed by atoms with van der Waals surface area (Å²) in [6.45, 7) is 0.170. The van der Waals surface area contributed by atoms with Gasteiger partial charge in [-0.05, 0) is 24.8 Å². The van der Waals surface area contributed by atoms with Crippen LogP contribution in [0.15, 0.2) is 47.8 Å². The molecular formula is C25H36N10O6. The van der Waals surface area contributed by atoms with Gasteiger partial charge in [0.05, 0.1) is 18.8 Å². The number of nitrogens with zero attached hydrogens (tertiary/aromatic N) is 2. The van der Waals surface area contributed by atoms with Crippen molar-refractivity contribution in [3.63, 3.8) is 0 Å². The van der Waals surface area contributed by atoms with E-state index in [0.29, 0.717) is 12.1 Å². The number of primary amides is 1. The highest BCUT2D eigenvalue weighted by Gasteiger charge is 2.31. The van der Waals surface area contributed by atoms with Gasteiger partial charge in [-0.25, -0.2) is 9.78 Å². The van der Waals surface area contributed by atoms with Crippen molar-refractivity contribution in [3.05, 3.63) is 54.1 Å². The van der Waals surface area contributed by atoms with Gasteiger partial charge in [0.1, 0.15) is 18.1 Å². The Morgan fingerprint density at radius 2 is 1.54 bits per heavy atom. The first-order valence-electron chi connectivity index (χ1n) is 12.7. The lowest BCUT2D eigenvalue weighted by Gasteiger charge is -2.25. The van der Waals surface area contributed by atoms with Gasteiger partial charge in [-0.1, -0.05) is 30.3 Å². The molecule has 0 aliphatic heterocycles. The van der Waals surface area contributed by atoms with Crippen molar-refractivity contribution in [1.82, 2.24) is 25.9 Å². The van der Waals surface area contributed by atoms with Crippen molar-refractivity contribution in [2.45, 2.75) is 56.3 Å². The molecule has 41 heavy (non-hydrogen) atoms. The molecule has 4 unspecified atom stereocenters. The number of aromatic nitrogens is 2. The second kappa shape index (κ2) is 16.2. The van der Waals surface area contributed by atoms with Crippen molar-refractivity contribution in [2.75, 3.05) is 6.54 Å². The average Bonchev–Trinajstić information content (AvgIpc) is 3.42.